The van der Waals surface area contributed by atoms with Crippen LogP contribution in [0.15, 0.2) is 66.9 Å². The number of aromatic nitrogens is 1. The maximum atomic E-state index is 12.0. The van der Waals surface area contributed by atoms with Gasteiger partial charge in [-0.15, -0.1) is 0 Å². The largest absolute Gasteiger partial charge is 0.289 e. The molecule has 0 N–H and O–H groups in total. The van der Waals surface area contributed by atoms with Gasteiger partial charge in [0.05, 0.1) is 5.52 Å². The summed E-state index contributed by atoms with van der Waals surface area (Å²) in [4.78, 5) is 16.4. The summed E-state index contributed by atoms with van der Waals surface area (Å²) in [6.07, 6.45) is 5.12. The lowest BCUT2D eigenvalue weighted by molar-refractivity contribution is 0.104. The van der Waals surface area contributed by atoms with Gasteiger partial charge in [0.25, 0.3) is 0 Å². The molecule has 0 amide bonds. The van der Waals surface area contributed by atoms with Gasteiger partial charge in [-0.3, -0.25) is 9.78 Å². The summed E-state index contributed by atoms with van der Waals surface area (Å²) in [5, 5.41) is 1.70. The van der Waals surface area contributed by atoms with E-state index in [2.05, 4.69) is 4.98 Å². The second-order valence-corrected chi connectivity index (χ2v) is 5.10. The number of hydrogen-bond acceptors (Lipinski definition) is 2. The van der Waals surface area contributed by atoms with Crippen LogP contribution in [0.1, 0.15) is 15.9 Å². The Hall–Kier alpha value is -2.45. The Bertz CT molecular complexity index is 822. The van der Waals surface area contributed by atoms with Crippen molar-refractivity contribution in [2.24, 2.45) is 0 Å². The van der Waals surface area contributed by atoms with Crippen molar-refractivity contribution in [3.63, 3.8) is 0 Å². The molecule has 3 heteroatoms. The SMILES string of the molecule is O=C(/C=C/c1ccc2cccnc2c1)c1ccc(Cl)cc1. The Morgan fingerprint density at radius 3 is 2.67 bits per heavy atom. The molecule has 0 aliphatic carbocycles. The average Bonchev–Trinajstić information content (AvgIpc) is 2.53. The van der Waals surface area contributed by atoms with E-state index < -0.39 is 0 Å². The number of hydrogen-bond donors (Lipinski definition) is 0. The number of halogens is 1. The van der Waals surface area contributed by atoms with Gasteiger partial charge >= 0.3 is 0 Å². The molecule has 1 heterocycles. The fraction of sp³-hybridized carbons (Fsp3) is 0. The van der Waals surface area contributed by atoms with Crippen LogP contribution in [0.2, 0.25) is 5.02 Å². The van der Waals surface area contributed by atoms with Crippen LogP contribution in [0.3, 0.4) is 0 Å². The average molecular weight is 294 g/mol. The topological polar surface area (TPSA) is 30.0 Å². The van der Waals surface area contributed by atoms with Crippen LogP contribution in [-0.2, 0) is 0 Å². The Kier molecular flexibility index (Phi) is 3.80. The van der Waals surface area contributed by atoms with Crippen LogP contribution >= 0.6 is 11.6 Å². The molecule has 3 aromatic rings. The Morgan fingerprint density at radius 2 is 1.86 bits per heavy atom. The highest BCUT2D eigenvalue weighted by molar-refractivity contribution is 6.30. The smallest absolute Gasteiger partial charge is 0.185 e. The van der Waals surface area contributed by atoms with E-state index in [1.807, 2.05) is 30.3 Å². The van der Waals surface area contributed by atoms with Crippen molar-refractivity contribution in [3.05, 3.63) is 83.0 Å². The van der Waals surface area contributed by atoms with E-state index in [4.69, 9.17) is 11.6 Å². The summed E-state index contributed by atoms with van der Waals surface area (Å²) in [5.41, 5.74) is 2.48. The minimum absolute atomic E-state index is 0.0483. The van der Waals surface area contributed by atoms with E-state index in [1.54, 1.807) is 42.6 Å². The molecule has 2 nitrogen and oxygen atoms in total. The molecular formula is C18H12ClNO. The summed E-state index contributed by atoms with van der Waals surface area (Å²) >= 11 is 5.81. The van der Waals surface area contributed by atoms with Gasteiger partial charge in [-0.25, -0.2) is 0 Å². The van der Waals surface area contributed by atoms with Crippen molar-refractivity contribution in [3.8, 4) is 0 Å². The number of benzene rings is 2. The Morgan fingerprint density at radius 1 is 1.05 bits per heavy atom. The summed E-state index contributed by atoms with van der Waals surface area (Å²) in [5.74, 6) is -0.0483. The predicted molar refractivity (Wildman–Crippen MR) is 86.6 cm³/mol. The molecule has 3 rings (SSSR count). The van der Waals surface area contributed by atoms with E-state index in [-0.39, 0.29) is 5.78 Å². The molecule has 21 heavy (non-hydrogen) atoms. The molecule has 0 atom stereocenters. The fourth-order valence-corrected chi connectivity index (χ4v) is 2.20. The van der Waals surface area contributed by atoms with Crippen LogP contribution < -0.4 is 0 Å². The molecule has 0 bridgehead atoms. The lowest BCUT2D eigenvalue weighted by Gasteiger charge is -1.99. The van der Waals surface area contributed by atoms with Gasteiger partial charge in [0.2, 0.25) is 0 Å². The summed E-state index contributed by atoms with van der Waals surface area (Å²) in [6.45, 7) is 0. The summed E-state index contributed by atoms with van der Waals surface area (Å²) in [6, 6.07) is 16.7. The normalized spacial score (nSPS) is 11.1. The molecule has 0 fully saturated rings. The van der Waals surface area contributed by atoms with E-state index in [9.17, 15) is 4.79 Å². The molecule has 0 spiro atoms. The molecule has 0 aliphatic rings. The third kappa shape index (κ3) is 3.18. The number of carbonyl (C=O) groups excluding carboxylic acids is 1. The first kappa shape index (κ1) is 13.5. The zero-order valence-corrected chi connectivity index (χ0v) is 11.9. The van der Waals surface area contributed by atoms with Gasteiger partial charge in [-0.05, 0) is 48.0 Å². The minimum atomic E-state index is -0.0483. The lowest BCUT2D eigenvalue weighted by Crippen LogP contribution is -1.93. The molecule has 0 radical (unpaired) electrons. The maximum Gasteiger partial charge on any atom is 0.185 e. The highest BCUT2D eigenvalue weighted by atomic mass is 35.5. The second-order valence-electron chi connectivity index (χ2n) is 4.66. The number of carbonyl (C=O) groups is 1. The standard InChI is InChI=1S/C18H12ClNO/c19-16-8-6-15(7-9-16)18(21)10-4-13-3-5-14-2-1-11-20-17(14)12-13/h1-12H/b10-4+. The molecule has 102 valence electrons. The first-order valence-electron chi connectivity index (χ1n) is 6.55. The van der Waals surface area contributed by atoms with Crippen molar-refractivity contribution < 1.29 is 4.79 Å². The van der Waals surface area contributed by atoms with Gasteiger partial charge in [-0.1, -0.05) is 35.9 Å². The van der Waals surface area contributed by atoms with Crippen molar-refractivity contribution in [2.45, 2.75) is 0 Å². The number of fused-ring (bicyclic) bond motifs is 1. The molecule has 2 aromatic carbocycles. The van der Waals surface area contributed by atoms with Gasteiger partial charge in [0, 0.05) is 22.2 Å². The first-order chi connectivity index (χ1) is 10.2. The molecule has 0 unspecified atom stereocenters. The van der Waals surface area contributed by atoms with Crippen LogP contribution in [0.25, 0.3) is 17.0 Å². The third-order valence-corrected chi connectivity index (χ3v) is 3.44. The highest BCUT2D eigenvalue weighted by Gasteiger charge is 2.01. The lowest BCUT2D eigenvalue weighted by atomic mass is 10.1. The van der Waals surface area contributed by atoms with Gasteiger partial charge < -0.3 is 0 Å². The van der Waals surface area contributed by atoms with E-state index in [1.165, 1.54) is 0 Å². The summed E-state index contributed by atoms with van der Waals surface area (Å²) < 4.78 is 0. The number of ketones is 1. The molecule has 0 aliphatic heterocycles. The molecule has 0 saturated carbocycles. The molecular weight excluding hydrogens is 282 g/mol. The highest BCUT2D eigenvalue weighted by Crippen LogP contribution is 2.15. The van der Waals surface area contributed by atoms with Crippen molar-refractivity contribution in [1.82, 2.24) is 4.98 Å². The zero-order chi connectivity index (χ0) is 14.7. The number of allylic oxidation sites excluding steroid dienone is 1. The van der Waals surface area contributed by atoms with E-state index >= 15 is 0 Å². The zero-order valence-electron chi connectivity index (χ0n) is 11.2. The third-order valence-electron chi connectivity index (χ3n) is 3.19. The summed E-state index contributed by atoms with van der Waals surface area (Å²) in [7, 11) is 0. The van der Waals surface area contributed by atoms with E-state index in [0.717, 1.165) is 16.5 Å². The Balaban J connectivity index is 1.83. The van der Waals surface area contributed by atoms with Crippen LogP contribution in [0.5, 0.6) is 0 Å². The monoisotopic (exact) mass is 293 g/mol. The number of pyridine rings is 1. The van der Waals surface area contributed by atoms with Gasteiger partial charge in [-0.2, -0.15) is 0 Å². The quantitative estimate of drug-likeness (QED) is 0.513. The second kappa shape index (κ2) is 5.90. The number of rotatable bonds is 3. The Labute approximate surface area is 127 Å². The fourth-order valence-electron chi connectivity index (χ4n) is 2.07. The van der Waals surface area contributed by atoms with E-state index in [0.29, 0.717) is 10.6 Å². The van der Waals surface area contributed by atoms with Crippen molar-refractivity contribution >= 4 is 34.4 Å². The minimum Gasteiger partial charge on any atom is -0.289 e. The number of nitrogens with zero attached hydrogens (tertiary/aromatic N) is 1. The maximum absolute atomic E-state index is 12.0. The van der Waals surface area contributed by atoms with Crippen molar-refractivity contribution in [1.29, 1.82) is 0 Å². The molecule has 1 aromatic heterocycles. The van der Waals surface area contributed by atoms with Gasteiger partial charge in [0.15, 0.2) is 5.78 Å². The first-order valence-corrected chi connectivity index (χ1v) is 6.93. The van der Waals surface area contributed by atoms with Crippen LogP contribution in [0, 0.1) is 0 Å². The molecule has 0 saturated heterocycles. The predicted octanol–water partition coefficient (Wildman–Crippen LogP) is 4.78. The van der Waals surface area contributed by atoms with Crippen LogP contribution in [0.4, 0.5) is 0 Å². The van der Waals surface area contributed by atoms with Crippen molar-refractivity contribution in [2.75, 3.05) is 0 Å². The van der Waals surface area contributed by atoms with Gasteiger partial charge in [0.1, 0.15) is 0 Å². The van der Waals surface area contributed by atoms with Crippen LogP contribution in [-0.4, -0.2) is 10.8 Å².